The second kappa shape index (κ2) is 11.6. The van der Waals surface area contributed by atoms with Crippen molar-refractivity contribution < 1.29 is 19.6 Å². The van der Waals surface area contributed by atoms with E-state index in [9.17, 15) is 10.2 Å². The van der Waals surface area contributed by atoms with E-state index in [0.29, 0.717) is 5.75 Å². The lowest BCUT2D eigenvalue weighted by Crippen LogP contribution is -2.49. The van der Waals surface area contributed by atoms with E-state index < -0.39 is 17.5 Å². The minimum Gasteiger partial charge on any atom is -0.465 e. The number of rotatable bonds is 10. The van der Waals surface area contributed by atoms with E-state index in [2.05, 4.69) is 6.92 Å². The van der Waals surface area contributed by atoms with Gasteiger partial charge in [0, 0.05) is 5.92 Å². The molecule has 0 bridgehead atoms. The lowest BCUT2D eigenvalue weighted by atomic mass is 9.68. The average molecular weight is 457 g/mol. The van der Waals surface area contributed by atoms with Crippen LogP contribution >= 0.6 is 0 Å². The molecule has 33 heavy (non-hydrogen) atoms. The van der Waals surface area contributed by atoms with E-state index in [0.717, 1.165) is 36.1 Å². The Morgan fingerprint density at radius 3 is 1.97 bits per heavy atom. The van der Waals surface area contributed by atoms with E-state index >= 15 is 0 Å². The minimum atomic E-state index is -0.954. The molecular formula is C28H46BO4. The largest absolute Gasteiger partial charge is 0.465 e. The van der Waals surface area contributed by atoms with Crippen LogP contribution in [0.4, 0.5) is 0 Å². The molecule has 0 saturated heterocycles. The van der Waals surface area contributed by atoms with Gasteiger partial charge in [-0.15, -0.1) is 0 Å². The molecule has 5 heteroatoms. The first-order chi connectivity index (χ1) is 15.6. The fraction of sp³-hybridized carbons (Fsp3) is 0.786. The molecule has 2 saturated carbocycles. The maximum absolute atomic E-state index is 10.7. The average Bonchev–Trinajstić information content (AvgIpc) is 2.79. The summed E-state index contributed by atoms with van der Waals surface area (Å²) < 4.78 is 11.7. The minimum absolute atomic E-state index is 0.222. The predicted molar refractivity (Wildman–Crippen MR) is 136 cm³/mol. The molecule has 2 N–H and O–H groups in total. The number of hydrogen-bond donors (Lipinski definition) is 2. The second-order valence-electron chi connectivity index (χ2n) is 11.6. The molecule has 185 valence electrons. The van der Waals surface area contributed by atoms with Crippen LogP contribution in [0.1, 0.15) is 98.8 Å². The van der Waals surface area contributed by atoms with Crippen molar-refractivity contribution in [3.05, 3.63) is 24.3 Å². The maximum atomic E-state index is 10.7. The zero-order valence-electron chi connectivity index (χ0n) is 21.6. The van der Waals surface area contributed by atoms with Crippen LogP contribution in [0.15, 0.2) is 24.3 Å². The molecule has 0 aromatic heterocycles. The van der Waals surface area contributed by atoms with Crippen molar-refractivity contribution in [3.63, 3.8) is 0 Å². The van der Waals surface area contributed by atoms with Crippen molar-refractivity contribution in [2.24, 2.45) is 23.7 Å². The Morgan fingerprint density at radius 2 is 1.45 bits per heavy atom. The third-order valence-corrected chi connectivity index (χ3v) is 8.57. The highest BCUT2D eigenvalue weighted by molar-refractivity contribution is 6.47. The zero-order valence-corrected chi connectivity index (χ0v) is 21.6. The topological polar surface area (TPSA) is 58.9 Å². The second-order valence-corrected chi connectivity index (χ2v) is 11.6. The van der Waals surface area contributed by atoms with Gasteiger partial charge in [0.25, 0.3) is 0 Å². The highest BCUT2D eigenvalue weighted by atomic mass is 16.6. The molecule has 1 aromatic carbocycles. The molecule has 1 unspecified atom stereocenters. The van der Waals surface area contributed by atoms with Crippen LogP contribution in [0, 0.1) is 23.7 Å². The van der Waals surface area contributed by atoms with Gasteiger partial charge in [-0.2, -0.15) is 0 Å². The molecule has 4 nitrogen and oxygen atoms in total. The van der Waals surface area contributed by atoms with Crippen LogP contribution in [0.2, 0.25) is 0 Å². The third kappa shape index (κ3) is 7.47. The van der Waals surface area contributed by atoms with Crippen LogP contribution in [-0.2, 0) is 4.65 Å². The predicted octanol–water partition coefficient (Wildman–Crippen LogP) is 5.61. The van der Waals surface area contributed by atoms with Crippen molar-refractivity contribution in [2.45, 2.75) is 116 Å². The van der Waals surface area contributed by atoms with Gasteiger partial charge >= 0.3 is 7.48 Å². The van der Waals surface area contributed by atoms with Gasteiger partial charge < -0.3 is 19.6 Å². The molecule has 0 heterocycles. The Balaban J connectivity index is 1.41. The SMILES string of the molecule is CCCC1CCC(C2CCC(C(O)Oc3ccc([B]OC(C)(C)C(C)(C)O)cc3)CC2)CC1. The van der Waals surface area contributed by atoms with Gasteiger partial charge in [-0.3, -0.25) is 0 Å². The van der Waals surface area contributed by atoms with Crippen LogP contribution in [0.3, 0.4) is 0 Å². The molecule has 2 aliphatic rings. The molecule has 0 aliphatic heterocycles. The summed E-state index contributed by atoms with van der Waals surface area (Å²) in [5.41, 5.74) is -0.765. The Kier molecular flexibility index (Phi) is 9.34. The third-order valence-electron chi connectivity index (χ3n) is 8.57. The fourth-order valence-corrected chi connectivity index (χ4v) is 5.48. The van der Waals surface area contributed by atoms with Crippen molar-refractivity contribution >= 4 is 12.9 Å². The summed E-state index contributed by atoms with van der Waals surface area (Å²) >= 11 is 0. The van der Waals surface area contributed by atoms with Crippen LogP contribution in [-0.4, -0.2) is 35.2 Å². The van der Waals surface area contributed by atoms with Crippen LogP contribution < -0.4 is 10.2 Å². The van der Waals surface area contributed by atoms with E-state index in [4.69, 9.17) is 9.39 Å². The monoisotopic (exact) mass is 457 g/mol. The number of aliphatic hydroxyl groups excluding tert-OH is 1. The standard InChI is InChI=1S/C28H46BO4/c1-6-7-20-8-10-21(11-9-20)22-12-14-23(15-13-22)26(30)32-25-18-16-24(17-19-25)29-33-28(4,5)27(2,3)31/h16-23,26,30-31H,6-15H2,1-5H3. The van der Waals surface area contributed by atoms with Gasteiger partial charge in [0.15, 0.2) is 6.29 Å². The van der Waals surface area contributed by atoms with Gasteiger partial charge in [0.1, 0.15) is 5.75 Å². The summed E-state index contributed by atoms with van der Waals surface area (Å²) in [5.74, 6) is 3.63. The molecule has 2 aliphatic carbocycles. The van der Waals surface area contributed by atoms with Crippen molar-refractivity contribution in [2.75, 3.05) is 0 Å². The number of hydrogen-bond acceptors (Lipinski definition) is 4. The van der Waals surface area contributed by atoms with Gasteiger partial charge in [-0.25, -0.2) is 0 Å². The molecule has 3 rings (SSSR count). The highest BCUT2D eigenvalue weighted by Gasteiger charge is 2.36. The Hall–Kier alpha value is -1.04. The maximum Gasteiger partial charge on any atom is 0.330 e. The quantitative estimate of drug-likeness (QED) is 0.354. The Bertz CT molecular complexity index is 696. The van der Waals surface area contributed by atoms with Gasteiger partial charge in [-0.05, 0) is 96.1 Å². The summed E-state index contributed by atoms with van der Waals surface area (Å²) in [7, 11) is 1.66. The molecule has 1 radical (unpaired) electrons. The number of aliphatic hydroxyl groups is 2. The van der Waals surface area contributed by atoms with E-state index in [1.54, 1.807) is 21.3 Å². The summed E-state index contributed by atoms with van der Waals surface area (Å²) in [6.07, 6.45) is 12.3. The fourth-order valence-electron chi connectivity index (χ4n) is 5.48. The van der Waals surface area contributed by atoms with Gasteiger partial charge in [0.05, 0.1) is 11.2 Å². The lowest BCUT2D eigenvalue weighted by Gasteiger charge is -2.38. The first-order valence-electron chi connectivity index (χ1n) is 13.3. The zero-order chi connectivity index (χ0) is 24.1. The first kappa shape index (κ1) is 26.6. The lowest BCUT2D eigenvalue weighted by molar-refractivity contribution is -0.0893. The van der Waals surface area contributed by atoms with Crippen molar-refractivity contribution in [3.8, 4) is 5.75 Å². The van der Waals surface area contributed by atoms with E-state index in [-0.39, 0.29) is 5.92 Å². The Labute approximate surface area is 202 Å². The molecular weight excluding hydrogens is 411 g/mol. The van der Waals surface area contributed by atoms with Gasteiger partial charge in [0.2, 0.25) is 0 Å². The summed E-state index contributed by atoms with van der Waals surface area (Å²) in [4.78, 5) is 0. The number of ether oxygens (including phenoxy) is 1. The van der Waals surface area contributed by atoms with Crippen LogP contribution in [0.5, 0.6) is 5.75 Å². The van der Waals surface area contributed by atoms with E-state index in [1.807, 2.05) is 38.1 Å². The van der Waals surface area contributed by atoms with Crippen molar-refractivity contribution in [1.82, 2.24) is 0 Å². The number of benzene rings is 1. The highest BCUT2D eigenvalue weighted by Crippen LogP contribution is 2.43. The molecule has 2 fully saturated rings. The summed E-state index contributed by atoms with van der Waals surface area (Å²) in [6.45, 7) is 9.52. The normalized spacial score (nSPS) is 27.7. The van der Waals surface area contributed by atoms with Gasteiger partial charge in [-0.1, -0.05) is 50.2 Å². The summed E-state index contributed by atoms with van der Waals surface area (Å²) in [6, 6.07) is 7.56. The molecule has 0 spiro atoms. The molecule has 1 atom stereocenters. The molecule has 0 amide bonds. The van der Waals surface area contributed by atoms with Crippen LogP contribution in [0.25, 0.3) is 0 Å². The summed E-state index contributed by atoms with van der Waals surface area (Å²) in [5, 5.41) is 20.9. The Morgan fingerprint density at radius 1 is 0.909 bits per heavy atom. The van der Waals surface area contributed by atoms with E-state index in [1.165, 1.54) is 51.4 Å². The molecule has 1 aromatic rings. The van der Waals surface area contributed by atoms with Crippen molar-refractivity contribution in [1.29, 1.82) is 0 Å². The smallest absolute Gasteiger partial charge is 0.330 e. The first-order valence-corrected chi connectivity index (χ1v) is 13.3.